The zero-order valence-electron chi connectivity index (χ0n) is 20.0. The second kappa shape index (κ2) is 12.6. The fourth-order valence-corrected chi connectivity index (χ4v) is 4.54. The Bertz CT molecular complexity index is 1120. The molecular formula is C27H33ClN4O3. The molecule has 1 fully saturated rings. The summed E-state index contributed by atoms with van der Waals surface area (Å²) in [6, 6.07) is 15.0. The van der Waals surface area contributed by atoms with E-state index in [-0.39, 0.29) is 18.4 Å². The Labute approximate surface area is 211 Å². The molecule has 0 atom stereocenters. The molecule has 1 aromatic heterocycles. The van der Waals surface area contributed by atoms with Gasteiger partial charge in [-0.25, -0.2) is 4.98 Å². The van der Waals surface area contributed by atoms with E-state index >= 15 is 0 Å². The summed E-state index contributed by atoms with van der Waals surface area (Å²) in [6.45, 7) is 2.65. The molecule has 0 spiro atoms. The number of imidazole rings is 1. The number of rotatable bonds is 11. The molecule has 1 aliphatic rings. The molecule has 35 heavy (non-hydrogen) atoms. The highest BCUT2D eigenvalue weighted by atomic mass is 35.5. The first-order valence-corrected chi connectivity index (χ1v) is 12.8. The van der Waals surface area contributed by atoms with E-state index < -0.39 is 0 Å². The maximum atomic E-state index is 12.9. The number of aromatic nitrogens is 2. The van der Waals surface area contributed by atoms with Gasteiger partial charge in [0.25, 0.3) is 5.91 Å². The molecule has 1 aliphatic heterocycles. The zero-order valence-corrected chi connectivity index (χ0v) is 20.8. The fourth-order valence-electron chi connectivity index (χ4n) is 4.41. The number of ether oxygens (including phenoxy) is 1. The molecule has 0 saturated carbocycles. The van der Waals surface area contributed by atoms with Crippen LogP contribution < -0.4 is 10.1 Å². The van der Waals surface area contributed by atoms with Gasteiger partial charge in [0, 0.05) is 31.1 Å². The third kappa shape index (κ3) is 7.21. The lowest BCUT2D eigenvalue weighted by atomic mass is 10.1. The summed E-state index contributed by atoms with van der Waals surface area (Å²) in [5.74, 6) is 1.61. The standard InChI is InChI=1S/C27H33ClN4O3/c28-21-12-14-22(15-13-21)35-20-26(33)29-16-6-1-3-11-25-30-23-9-4-5-10-24(23)32(25)19-27(34)31-17-7-2-8-18-31/h4-5,9-10,12-15H,1-3,6-8,11,16-20H2,(H,29,33). The second-order valence-corrected chi connectivity index (χ2v) is 9.38. The maximum Gasteiger partial charge on any atom is 0.257 e. The van der Waals surface area contributed by atoms with E-state index in [2.05, 4.69) is 9.88 Å². The van der Waals surface area contributed by atoms with Crippen molar-refractivity contribution in [1.29, 1.82) is 0 Å². The molecule has 7 nitrogen and oxygen atoms in total. The number of para-hydroxylation sites is 2. The van der Waals surface area contributed by atoms with E-state index in [4.69, 9.17) is 21.3 Å². The van der Waals surface area contributed by atoms with Crippen LogP contribution in [-0.2, 0) is 22.6 Å². The third-order valence-corrected chi connectivity index (χ3v) is 6.57. The number of hydrogen-bond donors (Lipinski definition) is 1. The van der Waals surface area contributed by atoms with E-state index in [0.29, 0.717) is 23.9 Å². The van der Waals surface area contributed by atoms with Gasteiger partial charge in [0.05, 0.1) is 11.0 Å². The number of benzene rings is 2. The molecule has 0 bridgehead atoms. The molecule has 1 saturated heterocycles. The van der Waals surface area contributed by atoms with Gasteiger partial charge >= 0.3 is 0 Å². The fraction of sp³-hybridized carbons (Fsp3) is 0.444. The molecule has 186 valence electrons. The van der Waals surface area contributed by atoms with Crippen LogP contribution in [0.5, 0.6) is 5.75 Å². The van der Waals surface area contributed by atoms with Crippen LogP contribution in [0.2, 0.25) is 5.02 Å². The van der Waals surface area contributed by atoms with Crippen LogP contribution in [0.3, 0.4) is 0 Å². The Kier molecular flexibility index (Phi) is 9.01. The highest BCUT2D eigenvalue weighted by Crippen LogP contribution is 2.19. The van der Waals surface area contributed by atoms with Gasteiger partial charge in [0.2, 0.25) is 5.91 Å². The molecule has 2 heterocycles. The number of likely N-dealkylation sites (tertiary alicyclic amines) is 1. The number of halogens is 1. The number of aryl methyl sites for hydroxylation is 1. The quantitative estimate of drug-likeness (QED) is 0.393. The van der Waals surface area contributed by atoms with Gasteiger partial charge in [-0.1, -0.05) is 30.2 Å². The summed E-state index contributed by atoms with van der Waals surface area (Å²) in [4.78, 5) is 31.7. The minimum Gasteiger partial charge on any atom is -0.484 e. The molecule has 0 radical (unpaired) electrons. The monoisotopic (exact) mass is 496 g/mol. The number of amides is 2. The first-order chi connectivity index (χ1) is 17.1. The Morgan fingerprint density at radius 3 is 2.54 bits per heavy atom. The first-order valence-electron chi connectivity index (χ1n) is 12.5. The summed E-state index contributed by atoms with van der Waals surface area (Å²) < 4.78 is 7.55. The lowest BCUT2D eigenvalue weighted by Crippen LogP contribution is -2.38. The van der Waals surface area contributed by atoms with Crippen LogP contribution in [0.4, 0.5) is 0 Å². The maximum absolute atomic E-state index is 12.9. The van der Waals surface area contributed by atoms with E-state index in [0.717, 1.165) is 68.5 Å². The number of hydrogen-bond acceptors (Lipinski definition) is 4. The molecule has 1 N–H and O–H groups in total. The summed E-state index contributed by atoms with van der Waals surface area (Å²) in [7, 11) is 0. The molecular weight excluding hydrogens is 464 g/mol. The first kappa shape index (κ1) is 25.0. The lowest BCUT2D eigenvalue weighted by Gasteiger charge is -2.27. The number of unbranched alkanes of at least 4 members (excludes halogenated alkanes) is 2. The van der Waals surface area contributed by atoms with Crippen molar-refractivity contribution < 1.29 is 14.3 Å². The van der Waals surface area contributed by atoms with Gasteiger partial charge in [-0.05, 0) is 68.5 Å². The molecule has 0 aliphatic carbocycles. The largest absolute Gasteiger partial charge is 0.484 e. The number of carbonyl (C=O) groups is 2. The smallest absolute Gasteiger partial charge is 0.257 e. The summed E-state index contributed by atoms with van der Waals surface area (Å²) in [5.41, 5.74) is 1.95. The Hall–Kier alpha value is -3.06. The molecule has 3 aromatic rings. The van der Waals surface area contributed by atoms with Gasteiger partial charge in [-0.2, -0.15) is 0 Å². The minimum absolute atomic E-state index is 0.0172. The molecule has 2 aromatic carbocycles. The van der Waals surface area contributed by atoms with Gasteiger partial charge < -0.3 is 19.5 Å². The van der Waals surface area contributed by atoms with Crippen LogP contribution in [0, 0.1) is 0 Å². The second-order valence-electron chi connectivity index (χ2n) is 8.95. The number of carbonyl (C=O) groups excluding carboxylic acids is 2. The number of nitrogens with zero attached hydrogens (tertiary/aromatic N) is 3. The number of piperidine rings is 1. The van der Waals surface area contributed by atoms with E-state index in [9.17, 15) is 9.59 Å². The van der Waals surface area contributed by atoms with Crippen molar-refractivity contribution >= 4 is 34.4 Å². The van der Waals surface area contributed by atoms with Crippen LogP contribution >= 0.6 is 11.6 Å². The minimum atomic E-state index is -0.141. The summed E-state index contributed by atoms with van der Waals surface area (Å²) in [5, 5.41) is 3.53. The SMILES string of the molecule is O=C(COc1ccc(Cl)cc1)NCCCCCc1nc2ccccc2n1CC(=O)N1CCCCC1. The average Bonchev–Trinajstić information content (AvgIpc) is 3.23. The van der Waals surface area contributed by atoms with Crippen molar-refractivity contribution in [3.8, 4) is 5.75 Å². The molecule has 8 heteroatoms. The highest BCUT2D eigenvalue weighted by Gasteiger charge is 2.19. The van der Waals surface area contributed by atoms with Crippen LogP contribution in [-0.4, -0.2) is 52.5 Å². The topological polar surface area (TPSA) is 76.5 Å². The molecule has 4 rings (SSSR count). The summed E-state index contributed by atoms with van der Waals surface area (Å²) in [6.07, 6.45) is 6.97. The third-order valence-electron chi connectivity index (χ3n) is 6.32. The van der Waals surface area contributed by atoms with Crippen LogP contribution in [0.15, 0.2) is 48.5 Å². The van der Waals surface area contributed by atoms with Crippen molar-refractivity contribution in [2.24, 2.45) is 0 Å². The van der Waals surface area contributed by atoms with Crippen molar-refractivity contribution in [3.63, 3.8) is 0 Å². The molecule has 2 amide bonds. The Morgan fingerprint density at radius 1 is 0.971 bits per heavy atom. The van der Waals surface area contributed by atoms with Crippen LogP contribution in [0.25, 0.3) is 11.0 Å². The number of fused-ring (bicyclic) bond motifs is 1. The van der Waals surface area contributed by atoms with E-state index in [1.807, 2.05) is 29.2 Å². The van der Waals surface area contributed by atoms with Crippen molar-refractivity contribution in [2.45, 2.75) is 51.5 Å². The van der Waals surface area contributed by atoms with Crippen molar-refractivity contribution in [1.82, 2.24) is 19.8 Å². The Morgan fingerprint density at radius 2 is 1.74 bits per heavy atom. The normalized spacial score (nSPS) is 13.7. The van der Waals surface area contributed by atoms with Gasteiger partial charge in [-0.15, -0.1) is 0 Å². The number of nitrogens with one attached hydrogen (secondary N) is 1. The Balaban J connectivity index is 1.21. The van der Waals surface area contributed by atoms with Crippen molar-refractivity contribution in [3.05, 3.63) is 59.4 Å². The average molecular weight is 497 g/mol. The predicted molar refractivity (Wildman–Crippen MR) is 138 cm³/mol. The van der Waals surface area contributed by atoms with Gasteiger partial charge in [0.15, 0.2) is 6.61 Å². The molecule has 0 unspecified atom stereocenters. The van der Waals surface area contributed by atoms with Gasteiger partial charge in [-0.3, -0.25) is 9.59 Å². The van der Waals surface area contributed by atoms with Crippen LogP contribution in [0.1, 0.15) is 44.3 Å². The lowest BCUT2D eigenvalue weighted by molar-refractivity contribution is -0.132. The zero-order chi connectivity index (χ0) is 24.5. The van der Waals surface area contributed by atoms with E-state index in [1.165, 1.54) is 6.42 Å². The predicted octanol–water partition coefficient (Wildman–Crippen LogP) is 4.61. The summed E-state index contributed by atoms with van der Waals surface area (Å²) >= 11 is 5.85. The van der Waals surface area contributed by atoms with Crippen molar-refractivity contribution in [2.75, 3.05) is 26.2 Å². The highest BCUT2D eigenvalue weighted by molar-refractivity contribution is 6.30. The van der Waals surface area contributed by atoms with E-state index in [1.54, 1.807) is 24.3 Å². The van der Waals surface area contributed by atoms with Gasteiger partial charge in [0.1, 0.15) is 18.1 Å².